The first-order valence-corrected chi connectivity index (χ1v) is 11.1. The van der Waals surface area contributed by atoms with E-state index in [9.17, 15) is 9.59 Å². The molecule has 3 aromatic rings. The van der Waals surface area contributed by atoms with Crippen LogP contribution in [0.15, 0.2) is 78.0 Å². The summed E-state index contributed by atoms with van der Waals surface area (Å²) in [6.45, 7) is 2.02. The molecule has 0 heterocycles. The number of rotatable bonds is 11. The number of nitrogens with one attached hydrogen (secondary N) is 2. The number of nitrogens with zero attached hydrogens (tertiary/aromatic N) is 1. The molecular formula is C27H29N3O5. The zero-order chi connectivity index (χ0) is 25.0. The average Bonchev–Trinajstić information content (AvgIpc) is 2.89. The van der Waals surface area contributed by atoms with E-state index in [-0.39, 0.29) is 18.4 Å². The van der Waals surface area contributed by atoms with Gasteiger partial charge in [-0.3, -0.25) is 9.59 Å². The minimum atomic E-state index is -0.272. The Balaban J connectivity index is 1.46. The van der Waals surface area contributed by atoms with E-state index in [1.807, 2.05) is 48.5 Å². The molecule has 2 amide bonds. The second kappa shape index (κ2) is 12.8. The van der Waals surface area contributed by atoms with Crippen molar-refractivity contribution in [1.29, 1.82) is 0 Å². The highest BCUT2D eigenvalue weighted by molar-refractivity contribution is 6.05. The van der Waals surface area contributed by atoms with Gasteiger partial charge in [0.25, 0.3) is 11.8 Å². The van der Waals surface area contributed by atoms with Gasteiger partial charge in [0.05, 0.1) is 19.9 Å². The van der Waals surface area contributed by atoms with Gasteiger partial charge >= 0.3 is 0 Å². The van der Waals surface area contributed by atoms with Crippen LogP contribution in [0.3, 0.4) is 0 Å². The van der Waals surface area contributed by atoms with Crippen molar-refractivity contribution in [2.45, 2.75) is 13.3 Å². The third-order valence-electron chi connectivity index (χ3n) is 5.16. The lowest BCUT2D eigenvalue weighted by molar-refractivity contribution is -0.125. The molecule has 0 aromatic heterocycles. The lowest BCUT2D eigenvalue weighted by atomic mass is 10.1. The summed E-state index contributed by atoms with van der Waals surface area (Å²) in [5, 5.41) is 9.70. The van der Waals surface area contributed by atoms with Crippen molar-refractivity contribution in [2.75, 3.05) is 32.7 Å². The Morgan fingerprint density at radius 1 is 0.857 bits per heavy atom. The molecule has 35 heavy (non-hydrogen) atoms. The SMILES string of the molecule is COc1ccc(CCNC(=O)CON=C(C)c2cccc(NC(=O)c3ccccc3)c2)cc1OC. The highest BCUT2D eigenvalue weighted by Crippen LogP contribution is 2.27. The van der Waals surface area contributed by atoms with Crippen molar-refractivity contribution in [3.05, 3.63) is 89.5 Å². The number of anilines is 1. The lowest BCUT2D eigenvalue weighted by Gasteiger charge is -2.10. The van der Waals surface area contributed by atoms with Crippen LogP contribution in [-0.2, 0) is 16.1 Å². The van der Waals surface area contributed by atoms with Crippen molar-refractivity contribution in [2.24, 2.45) is 5.16 Å². The molecule has 0 atom stereocenters. The van der Waals surface area contributed by atoms with E-state index in [0.29, 0.717) is 41.4 Å². The molecule has 3 rings (SSSR count). The molecule has 2 N–H and O–H groups in total. The molecule has 8 nitrogen and oxygen atoms in total. The second-order valence-corrected chi connectivity index (χ2v) is 7.64. The van der Waals surface area contributed by atoms with Crippen LogP contribution in [-0.4, -0.2) is 44.9 Å². The molecule has 0 radical (unpaired) electrons. The van der Waals surface area contributed by atoms with Gasteiger partial charge in [-0.1, -0.05) is 41.6 Å². The van der Waals surface area contributed by atoms with Crippen molar-refractivity contribution in [3.8, 4) is 11.5 Å². The zero-order valence-corrected chi connectivity index (χ0v) is 20.0. The monoisotopic (exact) mass is 475 g/mol. The lowest BCUT2D eigenvalue weighted by Crippen LogP contribution is -2.29. The predicted molar refractivity (Wildman–Crippen MR) is 135 cm³/mol. The number of carbonyl (C=O) groups is 2. The maximum Gasteiger partial charge on any atom is 0.260 e. The van der Waals surface area contributed by atoms with Crippen LogP contribution in [0.25, 0.3) is 0 Å². The van der Waals surface area contributed by atoms with Gasteiger partial charge in [-0.2, -0.15) is 0 Å². The predicted octanol–water partition coefficient (Wildman–Crippen LogP) is 4.06. The first-order valence-electron chi connectivity index (χ1n) is 11.1. The van der Waals surface area contributed by atoms with Crippen LogP contribution in [0.2, 0.25) is 0 Å². The topological polar surface area (TPSA) is 98.3 Å². The van der Waals surface area contributed by atoms with Gasteiger partial charge in [0.2, 0.25) is 0 Å². The Labute approximate surface area is 204 Å². The Kier molecular flexibility index (Phi) is 9.24. The zero-order valence-electron chi connectivity index (χ0n) is 20.0. The van der Waals surface area contributed by atoms with Gasteiger partial charge in [0.15, 0.2) is 18.1 Å². The molecule has 0 aliphatic rings. The summed E-state index contributed by atoms with van der Waals surface area (Å²) >= 11 is 0. The van der Waals surface area contributed by atoms with Crippen LogP contribution in [0.5, 0.6) is 11.5 Å². The van der Waals surface area contributed by atoms with Crippen LogP contribution in [0, 0.1) is 0 Å². The van der Waals surface area contributed by atoms with Crippen LogP contribution in [0.1, 0.15) is 28.4 Å². The summed E-state index contributed by atoms with van der Waals surface area (Å²) in [6.07, 6.45) is 0.635. The molecule has 0 saturated heterocycles. The molecule has 182 valence electrons. The van der Waals surface area contributed by atoms with E-state index < -0.39 is 0 Å². The summed E-state index contributed by atoms with van der Waals surface area (Å²) in [7, 11) is 3.17. The Bertz CT molecular complexity index is 1180. The summed E-state index contributed by atoms with van der Waals surface area (Å²) in [5.74, 6) is 0.837. The maximum atomic E-state index is 12.4. The van der Waals surface area contributed by atoms with Crippen LogP contribution in [0.4, 0.5) is 5.69 Å². The number of oxime groups is 1. The minimum Gasteiger partial charge on any atom is -0.493 e. The largest absolute Gasteiger partial charge is 0.493 e. The molecule has 0 saturated carbocycles. The minimum absolute atomic E-state index is 0.196. The van der Waals surface area contributed by atoms with E-state index >= 15 is 0 Å². The third kappa shape index (κ3) is 7.60. The van der Waals surface area contributed by atoms with Crippen LogP contribution < -0.4 is 20.1 Å². The number of amides is 2. The van der Waals surface area contributed by atoms with Crippen LogP contribution >= 0.6 is 0 Å². The summed E-state index contributed by atoms with van der Waals surface area (Å²) in [6, 6.07) is 21.9. The van der Waals surface area contributed by atoms with E-state index in [1.54, 1.807) is 45.4 Å². The first kappa shape index (κ1) is 25.3. The number of hydrogen-bond acceptors (Lipinski definition) is 6. The highest BCUT2D eigenvalue weighted by Gasteiger charge is 2.08. The van der Waals surface area contributed by atoms with E-state index in [4.69, 9.17) is 14.3 Å². The van der Waals surface area contributed by atoms with E-state index in [2.05, 4.69) is 15.8 Å². The highest BCUT2D eigenvalue weighted by atomic mass is 16.6. The van der Waals surface area contributed by atoms with E-state index in [0.717, 1.165) is 11.1 Å². The molecule has 3 aromatic carbocycles. The van der Waals surface area contributed by atoms with Crippen molar-refractivity contribution in [1.82, 2.24) is 5.32 Å². The van der Waals surface area contributed by atoms with Gasteiger partial charge in [-0.05, 0) is 55.3 Å². The molecule has 0 aliphatic carbocycles. The Hall–Kier alpha value is -4.33. The molecular weight excluding hydrogens is 446 g/mol. The van der Waals surface area contributed by atoms with Gasteiger partial charge < -0.3 is 24.9 Å². The summed E-state index contributed by atoms with van der Waals surface area (Å²) < 4.78 is 10.5. The fraction of sp³-hybridized carbons (Fsp3) is 0.222. The fourth-order valence-corrected chi connectivity index (χ4v) is 3.29. The number of ether oxygens (including phenoxy) is 2. The average molecular weight is 476 g/mol. The van der Waals surface area contributed by atoms with Gasteiger partial charge in [0.1, 0.15) is 0 Å². The first-order chi connectivity index (χ1) is 17.0. The smallest absolute Gasteiger partial charge is 0.260 e. The molecule has 0 fully saturated rings. The van der Waals surface area contributed by atoms with Gasteiger partial charge in [-0.25, -0.2) is 0 Å². The molecule has 0 unspecified atom stereocenters. The van der Waals surface area contributed by atoms with Gasteiger partial charge in [-0.15, -0.1) is 0 Å². The quantitative estimate of drug-likeness (QED) is 0.322. The number of benzene rings is 3. The van der Waals surface area contributed by atoms with Gasteiger partial charge in [0, 0.05) is 23.4 Å². The summed E-state index contributed by atoms with van der Waals surface area (Å²) in [5.41, 5.74) is 3.57. The number of hydrogen-bond donors (Lipinski definition) is 2. The number of methoxy groups -OCH3 is 2. The van der Waals surface area contributed by atoms with E-state index in [1.165, 1.54) is 0 Å². The maximum absolute atomic E-state index is 12.4. The molecule has 8 heteroatoms. The molecule has 0 spiro atoms. The molecule has 0 aliphatic heterocycles. The third-order valence-corrected chi connectivity index (χ3v) is 5.16. The second-order valence-electron chi connectivity index (χ2n) is 7.64. The molecule has 0 bridgehead atoms. The Morgan fingerprint density at radius 2 is 1.60 bits per heavy atom. The van der Waals surface area contributed by atoms with Crippen molar-refractivity contribution in [3.63, 3.8) is 0 Å². The standard InChI is InChI=1S/C27H29N3O5/c1-19(22-10-7-11-23(17-22)29-27(32)21-8-5-4-6-9-21)30-35-18-26(31)28-15-14-20-12-13-24(33-2)25(16-20)34-3/h4-13,16-17H,14-15,18H2,1-3H3,(H,28,31)(H,29,32). The van der Waals surface area contributed by atoms with Crippen molar-refractivity contribution < 1.29 is 23.9 Å². The Morgan fingerprint density at radius 3 is 2.34 bits per heavy atom. The fourth-order valence-electron chi connectivity index (χ4n) is 3.29. The summed E-state index contributed by atoms with van der Waals surface area (Å²) in [4.78, 5) is 29.7. The van der Waals surface area contributed by atoms with Crippen molar-refractivity contribution >= 4 is 23.2 Å². The number of carbonyl (C=O) groups excluding carboxylic acids is 2. The normalized spacial score (nSPS) is 10.9.